The standard InChI is InChI=1S/C30H24N4O6S2/c1-2-40-29(38)17-10-12-20(13-11-17)34-26(36)23-22(18-7-6-14-31-15-18)25-28(41-24(23)27(34)37)33(30(39)42-25)16-21(35)32-19-8-4-3-5-9-19/h3-15,22-24H,2,16H2,1H3,(H,32,35)/t22-,23?,24?/m1/s1. The summed E-state index contributed by atoms with van der Waals surface area (Å²) in [5.74, 6) is -3.14. The summed E-state index contributed by atoms with van der Waals surface area (Å²) in [6.45, 7) is 1.69. The fourth-order valence-electron chi connectivity index (χ4n) is 5.26. The fraction of sp³-hybridized carbons (Fsp3) is 0.200. The highest BCUT2D eigenvalue weighted by Gasteiger charge is 2.56. The van der Waals surface area contributed by atoms with Gasteiger partial charge in [-0.3, -0.25) is 28.7 Å². The maximum absolute atomic E-state index is 14.0. The zero-order valence-corrected chi connectivity index (χ0v) is 23.9. The van der Waals surface area contributed by atoms with E-state index in [-0.39, 0.29) is 23.9 Å². The van der Waals surface area contributed by atoms with E-state index in [0.29, 0.717) is 32.4 Å². The average Bonchev–Trinajstić information content (AvgIpc) is 3.44. The molecule has 4 heterocycles. The third-order valence-corrected chi connectivity index (χ3v) is 9.69. The predicted octanol–water partition coefficient (Wildman–Crippen LogP) is 3.92. The van der Waals surface area contributed by atoms with Gasteiger partial charge in [-0.05, 0) is 55.0 Å². The number of fused-ring (bicyclic) bond motifs is 2. The second-order valence-corrected chi connectivity index (χ2v) is 11.8. The number of anilines is 2. The second-order valence-electron chi connectivity index (χ2n) is 9.65. The first-order valence-electron chi connectivity index (χ1n) is 13.2. The summed E-state index contributed by atoms with van der Waals surface area (Å²) in [6.07, 6.45) is 3.24. The van der Waals surface area contributed by atoms with Crippen LogP contribution >= 0.6 is 23.1 Å². The Labute approximate surface area is 248 Å². The first kappa shape index (κ1) is 27.6. The van der Waals surface area contributed by atoms with E-state index in [1.54, 1.807) is 61.8 Å². The Morgan fingerprint density at radius 3 is 2.43 bits per heavy atom. The Bertz CT molecular complexity index is 1740. The van der Waals surface area contributed by atoms with Gasteiger partial charge in [0.05, 0.1) is 28.8 Å². The lowest BCUT2D eigenvalue weighted by Crippen LogP contribution is -2.33. The molecule has 2 aliphatic heterocycles. The van der Waals surface area contributed by atoms with Crippen molar-refractivity contribution >= 4 is 58.2 Å². The summed E-state index contributed by atoms with van der Waals surface area (Å²) in [4.78, 5) is 71.7. The molecule has 2 aliphatic rings. The lowest BCUT2D eigenvalue weighted by Gasteiger charge is -2.30. The van der Waals surface area contributed by atoms with Crippen LogP contribution in [0.5, 0.6) is 0 Å². The molecule has 1 fully saturated rings. The second kappa shape index (κ2) is 11.4. The molecule has 3 amide bonds. The van der Waals surface area contributed by atoms with E-state index >= 15 is 0 Å². The van der Waals surface area contributed by atoms with E-state index in [2.05, 4.69) is 10.3 Å². The van der Waals surface area contributed by atoms with Gasteiger partial charge in [0.1, 0.15) is 11.8 Å². The molecular formula is C30H24N4O6S2. The van der Waals surface area contributed by atoms with Gasteiger partial charge in [-0.2, -0.15) is 0 Å². The molecule has 2 aromatic heterocycles. The summed E-state index contributed by atoms with van der Waals surface area (Å²) in [7, 11) is 0. The summed E-state index contributed by atoms with van der Waals surface area (Å²) in [5.41, 5.74) is 1.93. The third-order valence-electron chi connectivity index (χ3n) is 7.09. The number of ether oxygens (including phenoxy) is 1. The number of hydrogen-bond acceptors (Lipinski definition) is 9. The molecule has 0 radical (unpaired) electrons. The largest absolute Gasteiger partial charge is 0.462 e. The maximum atomic E-state index is 14.0. The zero-order valence-electron chi connectivity index (χ0n) is 22.3. The third kappa shape index (κ3) is 4.92. The lowest BCUT2D eigenvalue weighted by molar-refractivity contribution is -0.122. The number of amides is 3. The average molecular weight is 601 g/mol. The molecular weight excluding hydrogens is 576 g/mol. The number of rotatable bonds is 7. The highest BCUT2D eigenvalue weighted by Crippen LogP contribution is 2.53. The highest BCUT2D eigenvalue weighted by atomic mass is 32.2. The van der Waals surface area contributed by atoms with Crippen molar-refractivity contribution in [2.24, 2.45) is 5.92 Å². The minimum absolute atomic E-state index is 0.225. The molecule has 2 unspecified atom stereocenters. The predicted molar refractivity (Wildman–Crippen MR) is 158 cm³/mol. The molecule has 0 saturated carbocycles. The van der Waals surface area contributed by atoms with Crippen LogP contribution in [0.3, 0.4) is 0 Å². The Balaban J connectivity index is 1.36. The van der Waals surface area contributed by atoms with Gasteiger partial charge in [-0.1, -0.05) is 47.4 Å². The van der Waals surface area contributed by atoms with Crippen LogP contribution in [0.25, 0.3) is 0 Å². The normalized spacial score (nSPS) is 19.3. The molecule has 4 aromatic rings. The molecule has 6 rings (SSSR count). The van der Waals surface area contributed by atoms with Crippen LogP contribution in [0.4, 0.5) is 11.4 Å². The fourth-order valence-corrected chi connectivity index (χ4v) is 8.03. The number of thiazole rings is 1. The van der Waals surface area contributed by atoms with E-state index in [1.807, 2.05) is 12.1 Å². The van der Waals surface area contributed by atoms with Gasteiger partial charge in [0.2, 0.25) is 17.7 Å². The van der Waals surface area contributed by atoms with E-state index in [0.717, 1.165) is 28.0 Å². The Morgan fingerprint density at radius 2 is 1.74 bits per heavy atom. The van der Waals surface area contributed by atoms with E-state index in [9.17, 15) is 24.0 Å². The minimum Gasteiger partial charge on any atom is -0.462 e. The monoisotopic (exact) mass is 600 g/mol. The molecule has 3 atom stereocenters. The summed E-state index contributed by atoms with van der Waals surface area (Å²) in [5, 5.41) is 2.45. The molecule has 2 aromatic carbocycles. The molecule has 10 nitrogen and oxygen atoms in total. The number of carbonyl (C=O) groups excluding carboxylic acids is 4. The molecule has 42 heavy (non-hydrogen) atoms. The van der Waals surface area contributed by atoms with Crippen molar-refractivity contribution in [2.45, 2.75) is 29.7 Å². The van der Waals surface area contributed by atoms with E-state index in [4.69, 9.17) is 4.74 Å². The Morgan fingerprint density at radius 1 is 0.976 bits per heavy atom. The summed E-state index contributed by atoms with van der Waals surface area (Å²) >= 11 is 2.11. The van der Waals surface area contributed by atoms with Crippen molar-refractivity contribution in [1.29, 1.82) is 0 Å². The van der Waals surface area contributed by atoms with Crippen LogP contribution in [-0.4, -0.2) is 45.1 Å². The van der Waals surface area contributed by atoms with E-state index in [1.165, 1.54) is 16.7 Å². The van der Waals surface area contributed by atoms with Crippen LogP contribution in [0, 0.1) is 5.92 Å². The SMILES string of the molecule is CCOC(=O)c1ccc(N2C(=O)C3Sc4c(sc(=O)n4CC(=O)Nc4ccccc4)[C@H](c4cccnc4)C3C2=O)cc1. The number of imide groups is 1. The number of nitrogens with zero attached hydrogens (tertiary/aromatic N) is 3. The minimum atomic E-state index is -0.836. The van der Waals surface area contributed by atoms with Gasteiger partial charge in [-0.15, -0.1) is 0 Å². The first-order valence-corrected chi connectivity index (χ1v) is 14.9. The van der Waals surface area contributed by atoms with Crippen molar-refractivity contribution in [3.8, 4) is 0 Å². The van der Waals surface area contributed by atoms with Crippen molar-refractivity contribution < 1.29 is 23.9 Å². The van der Waals surface area contributed by atoms with Gasteiger partial charge >= 0.3 is 10.8 Å². The molecule has 1 N–H and O–H groups in total. The Hall–Kier alpha value is -4.55. The maximum Gasteiger partial charge on any atom is 0.338 e. The molecule has 1 saturated heterocycles. The first-order chi connectivity index (χ1) is 20.4. The number of aromatic nitrogens is 2. The van der Waals surface area contributed by atoms with Crippen molar-refractivity contribution in [3.63, 3.8) is 0 Å². The topological polar surface area (TPSA) is 128 Å². The van der Waals surface area contributed by atoms with Crippen molar-refractivity contribution in [3.05, 3.63) is 105 Å². The zero-order chi connectivity index (χ0) is 29.4. The number of hydrogen-bond donors (Lipinski definition) is 1. The molecule has 12 heteroatoms. The molecule has 0 spiro atoms. The van der Waals surface area contributed by atoms with Crippen molar-refractivity contribution in [2.75, 3.05) is 16.8 Å². The lowest BCUT2D eigenvalue weighted by atomic mass is 9.84. The van der Waals surface area contributed by atoms with Gasteiger partial charge in [0.15, 0.2) is 0 Å². The van der Waals surface area contributed by atoms with Gasteiger partial charge in [-0.25, -0.2) is 9.69 Å². The van der Waals surface area contributed by atoms with Crippen molar-refractivity contribution in [1.82, 2.24) is 9.55 Å². The molecule has 0 aliphatic carbocycles. The number of esters is 1. The number of pyridine rings is 1. The quantitative estimate of drug-likeness (QED) is 0.250. The number of benzene rings is 2. The number of carbonyl (C=O) groups is 4. The van der Waals surface area contributed by atoms with Gasteiger partial charge < -0.3 is 10.1 Å². The summed E-state index contributed by atoms with van der Waals surface area (Å²) in [6, 6.07) is 18.6. The number of nitrogens with one attached hydrogen (secondary N) is 1. The molecule has 212 valence electrons. The van der Waals surface area contributed by atoms with Gasteiger partial charge in [0.25, 0.3) is 0 Å². The van der Waals surface area contributed by atoms with Crippen LogP contribution in [0.15, 0.2) is 88.9 Å². The van der Waals surface area contributed by atoms with Crippen LogP contribution < -0.4 is 15.1 Å². The van der Waals surface area contributed by atoms with Crippen LogP contribution in [-0.2, 0) is 25.7 Å². The Kier molecular flexibility index (Phi) is 7.48. The smallest absolute Gasteiger partial charge is 0.338 e. The van der Waals surface area contributed by atoms with E-state index < -0.39 is 34.9 Å². The molecule has 0 bridgehead atoms. The van der Waals surface area contributed by atoms with Gasteiger partial charge in [0, 0.05) is 28.9 Å². The highest BCUT2D eigenvalue weighted by molar-refractivity contribution is 8.00. The number of thioether (sulfide) groups is 1. The van der Waals surface area contributed by atoms with Crippen LogP contribution in [0.1, 0.15) is 33.6 Å². The summed E-state index contributed by atoms with van der Waals surface area (Å²) < 4.78 is 6.41. The van der Waals surface area contributed by atoms with Crippen LogP contribution in [0.2, 0.25) is 0 Å². The number of para-hydroxylation sites is 1.